The van der Waals surface area contributed by atoms with Gasteiger partial charge in [0, 0.05) is 25.6 Å². The lowest BCUT2D eigenvalue weighted by molar-refractivity contribution is -0.121. The van der Waals surface area contributed by atoms with Gasteiger partial charge in [-0.05, 0) is 42.5 Å². The highest BCUT2D eigenvalue weighted by atomic mass is 16.5. The van der Waals surface area contributed by atoms with E-state index in [1.807, 2.05) is 12.1 Å². The Morgan fingerprint density at radius 3 is 2.57 bits per heavy atom. The third-order valence-electron chi connectivity index (χ3n) is 4.68. The van der Waals surface area contributed by atoms with Gasteiger partial charge in [0.1, 0.15) is 11.8 Å². The van der Waals surface area contributed by atoms with Gasteiger partial charge < -0.3 is 20.1 Å². The Labute approximate surface area is 135 Å². The van der Waals surface area contributed by atoms with Crippen molar-refractivity contribution >= 4 is 11.8 Å². The molecular formula is C17H22N2O4. The normalized spacial score (nSPS) is 23.8. The summed E-state index contributed by atoms with van der Waals surface area (Å²) in [6.07, 6.45) is 2.53. The van der Waals surface area contributed by atoms with Gasteiger partial charge >= 0.3 is 0 Å². The van der Waals surface area contributed by atoms with Crippen LogP contribution in [0.2, 0.25) is 0 Å². The van der Waals surface area contributed by atoms with E-state index in [4.69, 9.17) is 15.2 Å². The van der Waals surface area contributed by atoms with Crippen LogP contribution in [-0.2, 0) is 9.53 Å². The molecule has 2 N–H and O–H groups in total. The van der Waals surface area contributed by atoms with Gasteiger partial charge in [-0.25, -0.2) is 0 Å². The molecule has 2 atom stereocenters. The van der Waals surface area contributed by atoms with E-state index in [1.54, 1.807) is 20.3 Å². The molecule has 2 aliphatic rings. The molecule has 0 spiro atoms. The largest absolute Gasteiger partial charge is 0.496 e. The SMILES string of the molecule is COc1ccc(C(=O)N2C[C@@H](OC)C[C@H]2C(N)=O)cc1C1CC1. The van der Waals surface area contributed by atoms with Gasteiger partial charge in [-0.15, -0.1) is 0 Å². The zero-order valence-electron chi connectivity index (χ0n) is 13.5. The Hall–Kier alpha value is -2.08. The number of methoxy groups -OCH3 is 2. The van der Waals surface area contributed by atoms with E-state index in [1.165, 1.54) is 4.90 Å². The Kier molecular flexibility index (Phi) is 4.26. The molecule has 0 aromatic heterocycles. The number of amides is 2. The quantitative estimate of drug-likeness (QED) is 0.887. The van der Waals surface area contributed by atoms with Crippen LogP contribution < -0.4 is 10.5 Å². The molecule has 2 fully saturated rings. The molecule has 1 aliphatic heterocycles. The van der Waals surface area contributed by atoms with Crippen molar-refractivity contribution in [3.05, 3.63) is 29.3 Å². The molecule has 1 aromatic rings. The Morgan fingerprint density at radius 1 is 1.26 bits per heavy atom. The first-order valence-corrected chi connectivity index (χ1v) is 7.86. The third-order valence-corrected chi connectivity index (χ3v) is 4.68. The second kappa shape index (κ2) is 6.20. The first-order valence-electron chi connectivity index (χ1n) is 7.86. The number of rotatable bonds is 5. The van der Waals surface area contributed by atoms with Gasteiger partial charge in [-0.2, -0.15) is 0 Å². The van der Waals surface area contributed by atoms with Gasteiger partial charge in [0.15, 0.2) is 0 Å². The molecule has 1 aliphatic carbocycles. The second-order valence-electron chi connectivity index (χ2n) is 6.20. The highest BCUT2D eigenvalue weighted by molar-refractivity contribution is 5.98. The smallest absolute Gasteiger partial charge is 0.254 e. The van der Waals surface area contributed by atoms with Gasteiger partial charge in [0.25, 0.3) is 5.91 Å². The van der Waals surface area contributed by atoms with E-state index in [-0.39, 0.29) is 12.0 Å². The number of likely N-dealkylation sites (tertiary alicyclic amines) is 1. The molecule has 6 nitrogen and oxygen atoms in total. The van der Waals surface area contributed by atoms with Crippen molar-refractivity contribution in [3.63, 3.8) is 0 Å². The molecule has 0 bridgehead atoms. The van der Waals surface area contributed by atoms with Crippen LogP contribution in [0.5, 0.6) is 5.75 Å². The number of hydrogen-bond donors (Lipinski definition) is 1. The number of primary amides is 1. The number of nitrogens with two attached hydrogens (primary N) is 1. The van der Waals surface area contributed by atoms with Crippen LogP contribution in [0.15, 0.2) is 18.2 Å². The Balaban J connectivity index is 1.87. The van der Waals surface area contributed by atoms with E-state index in [9.17, 15) is 9.59 Å². The highest BCUT2D eigenvalue weighted by Crippen LogP contribution is 2.44. The van der Waals surface area contributed by atoms with Gasteiger partial charge in [-0.1, -0.05) is 0 Å². The molecule has 6 heteroatoms. The van der Waals surface area contributed by atoms with E-state index < -0.39 is 11.9 Å². The predicted octanol–water partition coefficient (Wildman–Crippen LogP) is 1.29. The molecule has 0 unspecified atom stereocenters. The monoisotopic (exact) mass is 318 g/mol. The Morgan fingerprint density at radius 2 is 2.00 bits per heavy atom. The number of ether oxygens (including phenoxy) is 2. The maximum atomic E-state index is 12.8. The van der Waals surface area contributed by atoms with Crippen molar-refractivity contribution in [1.82, 2.24) is 4.90 Å². The van der Waals surface area contributed by atoms with Gasteiger partial charge in [-0.3, -0.25) is 9.59 Å². The lowest BCUT2D eigenvalue weighted by Crippen LogP contribution is -2.43. The zero-order valence-corrected chi connectivity index (χ0v) is 13.5. The molecule has 1 saturated carbocycles. The fourth-order valence-electron chi connectivity index (χ4n) is 3.21. The average molecular weight is 318 g/mol. The van der Waals surface area contributed by atoms with Gasteiger partial charge in [0.05, 0.1) is 13.2 Å². The van der Waals surface area contributed by atoms with Crippen LogP contribution in [0.3, 0.4) is 0 Å². The van der Waals surface area contributed by atoms with Crippen LogP contribution in [0.4, 0.5) is 0 Å². The molecular weight excluding hydrogens is 296 g/mol. The number of hydrogen-bond acceptors (Lipinski definition) is 4. The summed E-state index contributed by atoms with van der Waals surface area (Å²) in [5, 5.41) is 0. The minimum Gasteiger partial charge on any atom is -0.496 e. The van der Waals surface area contributed by atoms with Crippen molar-refractivity contribution in [2.75, 3.05) is 20.8 Å². The number of benzene rings is 1. The predicted molar refractivity (Wildman–Crippen MR) is 84.4 cm³/mol. The van der Waals surface area contributed by atoms with Gasteiger partial charge in [0.2, 0.25) is 5.91 Å². The fourth-order valence-corrected chi connectivity index (χ4v) is 3.21. The highest BCUT2D eigenvalue weighted by Gasteiger charge is 2.39. The third kappa shape index (κ3) is 3.03. The Bertz CT molecular complexity index is 627. The van der Waals surface area contributed by atoms with Crippen molar-refractivity contribution in [3.8, 4) is 5.75 Å². The van der Waals surface area contributed by atoms with E-state index in [2.05, 4.69) is 0 Å². The summed E-state index contributed by atoms with van der Waals surface area (Å²) in [6, 6.07) is 4.84. The van der Waals surface area contributed by atoms with E-state index in [0.29, 0.717) is 24.4 Å². The summed E-state index contributed by atoms with van der Waals surface area (Å²) in [6.45, 7) is 0.383. The van der Waals surface area contributed by atoms with Crippen LogP contribution in [0, 0.1) is 0 Å². The van der Waals surface area contributed by atoms with Crippen molar-refractivity contribution < 1.29 is 19.1 Å². The fraction of sp³-hybridized carbons (Fsp3) is 0.529. The van der Waals surface area contributed by atoms with E-state index in [0.717, 1.165) is 24.2 Å². The first-order chi connectivity index (χ1) is 11.0. The summed E-state index contributed by atoms with van der Waals surface area (Å²) in [5.41, 5.74) is 7.08. The van der Waals surface area contributed by atoms with Crippen molar-refractivity contribution in [1.29, 1.82) is 0 Å². The molecule has 2 amide bonds. The second-order valence-corrected chi connectivity index (χ2v) is 6.20. The molecule has 124 valence electrons. The molecule has 1 saturated heterocycles. The summed E-state index contributed by atoms with van der Waals surface area (Å²) in [5.74, 6) is 0.605. The molecule has 3 rings (SSSR count). The van der Waals surface area contributed by atoms with E-state index >= 15 is 0 Å². The topological polar surface area (TPSA) is 81.9 Å². The number of carbonyl (C=O) groups excluding carboxylic acids is 2. The zero-order chi connectivity index (χ0) is 16.6. The molecule has 1 heterocycles. The summed E-state index contributed by atoms with van der Waals surface area (Å²) in [7, 11) is 3.21. The average Bonchev–Trinajstić information content (AvgIpc) is 3.31. The summed E-state index contributed by atoms with van der Waals surface area (Å²) >= 11 is 0. The van der Waals surface area contributed by atoms with Crippen LogP contribution in [0.25, 0.3) is 0 Å². The molecule has 23 heavy (non-hydrogen) atoms. The lowest BCUT2D eigenvalue weighted by Gasteiger charge is -2.22. The van der Waals surface area contributed by atoms with Crippen molar-refractivity contribution in [2.45, 2.75) is 37.3 Å². The minimum atomic E-state index is -0.612. The van der Waals surface area contributed by atoms with Crippen molar-refractivity contribution in [2.24, 2.45) is 5.73 Å². The van der Waals surface area contributed by atoms with Crippen LogP contribution in [-0.4, -0.2) is 49.6 Å². The standard InChI is InChI=1S/C17H22N2O4/c1-22-12-8-14(16(18)20)19(9-12)17(21)11-5-6-15(23-2)13(7-11)10-3-4-10/h5-7,10,12,14H,3-4,8-9H2,1-2H3,(H2,18,20)/t12-,14-/m0/s1. The number of carbonyl (C=O) groups is 2. The molecule has 1 aromatic carbocycles. The first kappa shape index (κ1) is 15.8. The minimum absolute atomic E-state index is 0.155. The summed E-state index contributed by atoms with van der Waals surface area (Å²) < 4.78 is 10.7. The lowest BCUT2D eigenvalue weighted by atomic mass is 10.0. The molecule has 0 radical (unpaired) electrons. The summed E-state index contributed by atoms with van der Waals surface area (Å²) in [4.78, 5) is 26.0. The maximum Gasteiger partial charge on any atom is 0.254 e. The van der Waals surface area contributed by atoms with Crippen LogP contribution in [0.1, 0.15) is 41.1 Å². The van der Waals surface area contributed by atoms with Crippen LogP contribution >= 0.6 is 0 Å². The number of nitrogens with zero attached hydrogens (tertiary/aromatic N) is 1. The maximum absolute atomic E-state index is 12.8.